The quantitative estimate of drug-likeness (QED) is 0.587. The molecule has 0 spiro atoms. The number of piperidine rings is 1. The summed E-state index contributed by atoms with van der Waals surface area (Å²) in [4.78, 5) is 45.2. The molecule has 33 heavy (non-hydrogen) atoms. The summed E-state index contributed by atoms with van der Waals surface area (Å²) in [6.45, 7) is 7.42. The topological polar surface area (TPSA) is 73.0 Å². The highest BCUT2D eigenvalue weighted by molar-refractivity contribution is 7.98. The molecule has 1 aromatic rings. The fourth-order valence-corrected chi connectivity index (χ4v) is 5.30. The third-order valence-corrected chi connectivity index (χ3v) is 7.26. The molecule has 0 aliphatic carbocycles. The molecule has 2 aliphatic heterocycles. The highest BCUT2D eigenvalue weighted by atomic mass is 32.2. The van der Waals surface area contributed by atoms with Gasteiger partial charge in [-0.1, -0.05) is 13.8 Å². The van der Waals surface area contributed by atoms with Gasteiger partial charge in [0, 0.05) is 55.6 Å². The van der Waals surface area contributed by atoms with Gasteiger partial charge in [0.25, 0.3) is 0 Å². The molecule has 0 aromatic heterocycles. The van der Waals surface area contributed by atoms with E-state index in [1.807, 2.05) is 49.5 Å². The van der Waals surface area contributed by atoms with Crippen LogP contribution in [0.5, 0.6) is 0 Å². The first kappa shape index (κ1) is 25.6. The highest BCUT2D eigenvalue weighted by Gasteiger charge is 2.38. The van der Waals surface area contributed by atoms with Gasteiger partial charge in [-0.25, -0.2) is 0 Å². The highest BCUT2D eigenvalue weighted by Crippen LogP contribution is 2.29. The van der Waals surface area contributed by atoms with E-state index in [9.17, 15) is 14.4 Å². The Balaban J connectivity index is 1.48. The van der Waals surface area contributed by atoms with Crippen LogP contribution in [0, 0.1) is 17.3 Å². The van der Waals surface area contributed by atoms with Crippen molar-refractivity contribution in [2.75, 3.05) is 58.0 Å². The van der Waals surface area contributed by atoms with Gasteiger partial charge in [-0.2, -0.15) is 0 Å². The Morgan fingerprint density at radius 2 is 1.76 bits per heavy atom. The first-order valence-electron chi connectivity index (χ1n) is 11.8. The fraction of sp³-hybridized carbons (Fsp3) is 0.640. The molecule has 0 saturated carbocycles. The molecule has 1 N–H and O–H groups in total. The maximum Gasteiger partial charge on any atom is 0.228 e. The zero-order chi connectivity index (χ0) is 24.2. The van der Waals surface area contributed by atoms with Crippen molar-refractivity contribution in [1.82, 2.24) is 15.1 Å². The van der Waals surface area contributed by atoms with Crippen molar-refractivity contribution < 1.29 is 14.4 Å². The number of nitrogens with one attached hydrogen (secondary N) is 1. The lowest BCUT2D eigenvalue weighted by molar-refractivity contribution is -0.139. The standard InChI is InChI=1S/C25H38N4O3S/c1-25(2,17-27(3)4)16-26-23(31)18-10-12-28(13-11-18)24(32)19-14-22(30)29(15-19)20-6-8-21(33-5)9-7-20/h6-9,18-19H,10-17H2,1-5H3,(H,26,31). The molecule has 2 saturated heterocycles. The number of carbonyl (C=O) groups excluding carboxylic acids is 3. The molecule has 182 valence electrons. The molecule has 2 heterocycles. The Hall–Kier alpha value is -2.06. The van der Waals surface area contributed by atoms with Crippen molar-refractivity contribution >= 4 is 35.2 Å². The summed E-state index contributed by atoms with van der Waals surface area (Å²) < 4.78 is 0. The van der Waals surface area contributed by atoms with E-state index in [0.29, 0.717) is 39.0 Å². The van der Waals surface area contributed by atoms with Gasteiger partial charge >= 0.3 is 0 Å². The number of carbonyl (C=O) groups is 3. The van der Waals surface area contributed by atoms with Crippen molar-refractivity contribution in [2.45, 2.75) is 38.0 Å². The summed E-state index contributed by atoms with van der Waals surface area (Å²) in [5, 5.41) is 3.11. The maximum absolute atomic E-state index is 13.1. The van der Waals surface area contributed by atoms with Crippen molar-refractivity contribution in [3.8, 4) is 0 Å². The number of hydrogen-bond acceptors (Lipinski definition) is 5. The van der Waals surface area contributed by atoms with Crippen LogP contribution < -0.4 is 10.2 Å². The number of anilines is 1. The van der Waals surface area contributed by atoms with Crippen LogP contribution in [0.15, 0.2) is 29.2 Å². The molecule has 2 fully saturated rings. The Labute approximate surface area is 202 Å². The lowest BCUT2D eigenvalue weighted by Crippen LogP contribution is -2.47. The number of hydrogen-bond donors (Lipinski definition) is 1. The minimum Gasteiger partial charge on any atom is -0.355 e. The lowest BCUT2D eigenvalue weighted by atomic mass is 9.91. The van der Waals surface area contributed by atoms with Crippen LogP contribution in [-0.2, 0) is 14.4 Å². The largest absolute Gasteiger partial charge is 0.355 e. The predicted molar refractivity (Wildman–Crippen MR) is 133 cm³/mol. The van der Waals surface area contributed by atoms with E-state index in [1.165, 1.54) is 0 Å². The molecule has 3 rings (SSSR count). The van der Waals surface area contributed by atoms with Crippen LogP contribution >= 0.6 is 11.8 Å². The molecule has 0 bridgehead atoms. The normalized spacial score (nSPS) is 19.9. The van der Waals surface area contributed by atoms with Crippen LogP contribution in [0.2, 0.25) is 0 Å². The molecular weight excluding hydrogens is 436 g/mol. The Kier molecular flexibility index (Phi) is 8.45. The zero-order valence-corrected chi connectivity index (χ0v) is 21.4. The molecule has 2 aliphatic rings. The predicted octanol–water partition coefficient (Wildman–Crippen LogP) is 2.70. The molecule has 8 heteroatoms. The SMILES string of the molecule is CSc1ccc(N2CC(C(=O)N3CCC(C(=O)NCC(C)(C)CN(C)C)CC3)CC2=O)cc1. The second kappa shape index (κ2) is 10.9. The first-order valence-corrected chi connectivity index (χ1v) is 13.0. The number of thioether (sulfide) groups is 1. The molecule has 3 amide bonds. The van der Waals surface area contributed by atoms with E-state index >= 15 is 0 Å². The number of nitrogens with zero attached hydrogens (tertiary/aromatic N) is 3. The van der Waals surface area contributed by atoms with E-state index in [1.54, 1.807) is 16.7 Å². The summed E-state index contributed by atoms with van der Waals surface area (Å²) in [5.74, 6) is -0.238. The minimum atomic E-state index is -0.310. The zero-order valence-electron chi connectivity index (χ0n) is 20.6. The molecule has 1 aromatic carbocycles. The van der Waals surface area contributed by atoms with Gasteiger partial charge in [-0.15, -0.1) is 11.8 Å². The lowest BCUT2D eigenvalue weighted by Gasteiger charge is -2.34. The molecule has 1 atom stereocenters. The fourth-order valence-electron chi connectivity index (χ4n) is 4.89. The summed E-state index contributed by atoms with van der Waals surface area (Å²) in [5.41, 5.74) is 0.854. The van der Waals surface area contributed by atoms with Gasteiger partial charge in [0.1, 0.15) is 0 Å². The van der Waals surface area contributed by atoms with E-state index in [0.717, 1.165) is 17.1 Å². The van der Waals surface area contributed by atoms with E-state index < -0.39 is 0 Å². The van der Waals surface area contributed by atoms with Crippen LogP contribution in [0.4, 0.5) is 5.69 Å². The Bertz CT molecular complexity index is 848. The Morgan fingerprint density at radius 3 is 2.33 bits per heavy atom. The van der Waals surface area contributed by atoms with E-state index in [-0.39, 0.29) is 41.4 Å². The summed E-state index contributed by atoms with van der Waals surface area (Å²) in [7, 11) is 4.07. The van der Waals surface area contributed by atoms with Gasteiger partial charge in [0.15, 0.2) is 0 Å². The first-order chi connectivity index (χ1) is 15.6. The van der Waals surface area contributed by atoms with E-state index in [4.69, 9.17) is 0 Å². The van der Waals surface area contributed by atoms with Gasteiger partial charge in [0.05, 0.1) is 5.92 Å². The van der Waals surface area contributed by atoms with Gasteiger partial charge < -0.3 is 20.0 Å². The molecule has 1 unspecified atom stereocenters. The number of amides is 3. The van der Waals surface area contributed by atoms with Gasteiger partial charge in [-0.05, 0) is 62.9 Å². The summed E-state index contributed by atoms with van der Waals surface area (Å²) in [6, 6.07) is 7.89. The molecular formula is C25H38N4O3S. The maximum atomic E-state index is 13.1. The van der Waals surface area contributed by atoms with Crippen LogP contribution in [0.1, 0.15) is 33.1 Å². The molecule has 0 radical (unpaired) electrons. The van der Waals surface area contributed by atoms with Gasteiger partial charge in [-0.3, -0.25) is 14.4 Å². The van der Waals surface area contributed by atoms with Crippen molar-refractivity contribution in [3.05, 3.63) is 24.3 Å². The van der Waals surface area contributed by atoms with Crippen LogP contribution in [0.25, 0.3) is 0 Å². The van der Waals surface area contributed by atoms with Crippen molar-refractivity contribution in [1.29, 1.82) is 0 Å². The van der Waals surface area contributed by atoms with Crippen LogP contribution in [-0.4, -0.2) is 80.6 Å². The van der Waals surface area contributed by atoms with E-state index in [2.05, 4.69) is 24.1 Å². The average molecular weight is 475 g/mol. The van der Waals surface area contributed by atoms with Crippen molar-refractivity contribution in [2.24, 2.45) is 17.3 Å². The smallest absolute Gasteiger partial charge is 0.228 e. The molecule has 7 nitrogen and oxygen atoms in total. The minimum absolute atomic E-state index is 0.000135. The monoisotopic (exact) mass is 474 g/mol. The Morgan fingerprint density at radius 1 is 1.12 bits per heavy atom. The number of rotatable bonds is 8. The summed E-state index contributed by atoms with van der Waals surface area (Å²) >= 11 is 1.66. The number of benzene rings is 1. The third-order valence-electron chi connectivity index (χ3n) is 6.52. The summed E-state index contributed by atoms with van der Waals surface area (Å²) in [6.07, 6.45) is 3.62. The average Bonchev–Trinajstić information content (AvgIpc) is 3.18. The second-order valence-electron chi connectivity index (χ2n) is 10.3. The third kappa shape index (κ3) is 6.73. The number of likely N-dealkylation sites (tertiary alicyclic amines) is 1. The van der Waals surface area contributed by atoms with Crippen LogP contribution in [0.3, 0.4) is 0 Å². The van der Waals surface area contributed by atoms with Gasteiger partial charge in [0.2, 0.25) is 17.7 Å². The van der Waals surface area contributed by atoms with Crippen molar-refractivity contribution in [3.63, 3.8) is 0 Å². The second-order valence-corrected chi connectivity index (χ2v) is 11.2.